The Morgan fingerprint density at radius 3 is 2.41 bits per heavy atom. The number of ether oxygens (including phenoxy) is 7. The molecule has 1 saturated carbocycles. The highest BCUT2D eigenvalue weighted by Crippen LogP contribution is 2.53. The van der Waals surface area contributed by atoms with Gasteiger partial charge in [0.15, 0.2) is 5.75 Å². The smallest absolute Gasteiger partial charge is 0.345 e. The van der Waals surface area contributed by atoms with Crippen LogP contribution < -0.4 is 18.9 Å². The Hall–Kier alpha value is -5.24. The van der Waals surface area contributed by atoms with Gasteiger partial charge in [0.25, 0.3) is 0 Å². The van der Waals surface area contributed by atoms with Gasteiger partial charge in [-0.05, 0) is 111 Å². The third-order valence-electron chi connectivity index (χ3n) is 14.5. The maximum atomic E-state index is 14.4. The van der Waals surface area contributed by atoms with Crippen molar-refractivity contribution in [3.8, 4) is 44.7 Å². The van der Waals surface area contributed by atoms with Crippen molar-refractivity contribution >= 4 is 50.7 Å². The summed E-state index contributed by atoms with van der Waals surface area (Å²) in [7, 11) is 2.12. The fourth-order valence-electron chi connectivity index (χ4n) is 10.3. The van der Waals surface area contributed by atoms with Gasteiger partial charge in [0, 0.05) is 80.3 Å². The number of nitrogens with zero attached hydrogens (tertiary/aromatic N) is 6. The SMILES string of the molecule is Cc1c(Cl)c2c(Cl)c(C)c1-c1c(-c3ccc(F)cc3)sc3ncnc(c13)O[C@@H](C(=O)O)Cc1cc(ccc1OCc1ccnc(C3CCC(COC[C@@H]4COCCO4)CC3)n1)OCC[C@@H](CN1CCN(C)CC1)O2. The number of halogens is 3. The zero-order chi connectivity index (χ0) is 51.3. The minimum atomic E-state index is -1.45. The van der Waals surface area contributed by atoms with Crippen molar-refractivity contribution < 1.29 is 47.4 Å². The first-order valence-corrected chi connectivity index (χ1v) is 27.0. The Kier molecular flexibility index (Phi) is 16.8. The van der Waals surface area contributed by atoms with Crippen molar-refractivity contribution in [1.82, 2.24) is 29.7 Å². The van der Waals surface area contributed by atoms with Crippen LogP contribution in [-0.2, 0) is 32.0 Å². The van der Waals surface area contributed by atoms with E-state index in [0.717, 1.165) is 62.6 Å². The van der Waals surface area contributed by atoms with E-state index in [2.05, 4.69) is 31.8 Å². The highest BCUT2D eigenvalue weighted by molar-refractivity contribution is 7.22. The zero-order valence-electron chi connectivity index (χ0n) is 41.8. The number of aliphatic carboxylic acids is 1. The lowest BCUT2D eigenvalue weighted by atomic mass is 9.82. The number of aromatic nitrogens is 4. The molecular weight excluding hydrogens is 1010 g/mol. The number of benzene rings is 3. The van der Waals surface area contributed by atoms with Crippen molar-refractivity contribution in [2.45, 2.75) is 83.2 Å². The first-order chi connectivity index (χ1) is 35.9. The number of carboxylic acids is 1. The molecule has 0 spiro atoms. The van der Waals surface area contributed by atoms with Crippen molar-refractivity contribution in [2.24, 2.45) is 5.92 Å². The number of rotatable bonds is 12. The Morgan fingerprint density at radius 2 is 1.66 bits per heavy atom. The molecule has 19 heteroatoms. The second-order valence-corrected chi connectivity index (χ2v) is 21.4. The topological polar surface area (TPSA) is 160 Å². The quantitative estimate of drug-likeness (QED) is 0.123. The minimum absolute atomic E-state index is 0.00281. The number of likely N-dealkylation sites (N-methyl/N-ethyl adjacent to an activating group) is 1. The van der Waals surface area contributed by atoms with Crippen molar-refractivity contribution in [2.75, 3.05) is 79.4 Å². The lowest BCUT2D eigenvalue weighted by molar-refractivity contribution is -0.145. The first-order valence-electron chi connectivity index (χ1n) is 25.4. The average molecular weight is 1070 g/mol. The van der Waals surface area contributed by atoms with Crippen LogP contribution in [0.4, 0.5) is 4.39 Å². The molecular formula is C55H61Cl2FN6O9S. The van der Waals surface area contributed by atoms with E-state index in [1.807, 2.05) is 26.0 Å². The first kappa shape index (κ1) is 52.2. The van der Waals surface area contributed by atoms with Gasteiger partial charge in [0.1, 0.15) is 53.1 Å². The molecule has 1 aliphatic carbocycles. The van der Waals surface area contributed by atoms with E-state index in [-0.39, 0.29) is 43.6 Å². The van der Waals surface area contributed by atoms with Crippen LogP contribution in [0, 0.1) is 25.6 Å². The number of fused-ring (bicyclic) bond motifs is 8. The Labute approximate surface area is 444 Å². The van der Waals surface area contributed by atoms with Crippen LogP contribution >= 0.6 is 34.5 Å². The Bertz CT molecular complexity index is 2900. The fraction of sp³-hybridized carbons (Fsp3) is 0.473. The largest absolute Gasteiger partial charge is 0.493 e. The third-order valence-corrected chi connectivity index (χ3v) is 16.6. The summed E-state index contributed by atoms with van der Waals surface area (Å²) in [5.74, 6) is 1.21. The van der Waals surface area contributed by atoms with Gasteiger partial charge in [-0.3, -0.25) is 4.90 Å². The highest BCUT2D eigenvalue weighted by Gasteiger charge is 2.32. The molecule has 3 atom stereocenters. The van der Waals surface area contributed by atoms with Crippen LogP contribution in [0.3, 0.4) is 0 Å². The molecule has 0 amide bonds. The van der Waals surface area contributed by atoms with Gasteiger partial charge in [0.2, 0.25) is 12.0 Å². The molecule has 11 rings (SSSR count). The number of hydrogen-bond acceptors (Lipinski definition) is 15. The summed E-state index contributed by atoms with van der Waals surface area (Å²) in [4.78, 5) is 38.2. The van der Waals surface area contributed by atoms with Gasteiger partial charge in [-0.15, -0.1) is 11.3 Å². The monoisotopic (exact) mass is 1070 g/mol. The third kappa shape index (κ3) is 12.1. The molecule has 74 heavy (non-hydrogen) atoms. The number of thiophene rings is 1. The van der Waals surface area contributed by atoms with Crippen LogP contribution in [-0.4, -0.2) is 139 Å². The normalized spacial score (nSPS) is 22.1. The lowest BCUT2D eigenvalue weighted by Crippen LogP contribution is -2.48. The maximum Gasteiger partial charge on any atom is 0.345 e. The lowest BCUT2D eigenvalue weighted by Gasteiger charge is -2.35. The Balaban J connectivity index is 0.962. The molecule has 392 valence electrons. The van der Waals surface area contributed by atoms with Crippen molar-refractivity contribution in [3.63, 3.8) is 0 Å². The summed E-state index contributed by atoms with van der Waals surface area (Å²) in [6, 6.07) is 13.4. The molecule has 5 aliphatic rings. The van der Waals surface area contributed by atoms with E-state index in [0.29, 0.717) is 129 Å². The predicted molar refractivity (Wildman–Crippen MR) is 281 cm³/mol. The molecule has 3 fully saturated rings. The number of carbonyl (C=O) groups is 1. The fourth-order valence-corrected chi connectivity index (χ4v) is 12.0. The molecule has 0 unspecified atom stereocenters. The predicted octanol–water partition coefficient (Wildman–Crippen LogP) is 10.0. The number of hydrogen-bond donors (Lipinski definition) is 1. The van der Waals surface area contributed by atoms with Crippen LogP contribution in [0.25, 0.3) is 31.8 Å². The van der Waals surface area contributed by atoms with E-state index in [1.54, 1.807) is 30.5 Å². The van der Waals surface area contributed by atoms with Crippen LogP contribution in [0.5, 0.6) is 23.1 Å². The highest BCUT2D eigenvalue weighted by atomic mass is 35.5. The summed E-state index contributed by atoms with van der Waals surface area (Å²) in [5, 5.41) is 12.1. The van der Waals surface area contributed by atoms with E-state index < -0.39 is 17.9 Å². The van der Waals surface area contributed by atoms with E-state index in [1.165, 1.54) is 29.8 Å². The summed E-state index contributed by atoms with van der Waals surface area (Å²) in [6.07, 6.45) is 5.60. The molecule has 0 radical (unpaired) electrons. The maximum absolute atomic E-state index is 14.4. The van der Waals surface area contributed by atoms with E-state index in [4.69, 9.17) is 61.3 Å². The van der Waals surface area contributed by atoms with Crippen LogP contribution in [0.1, 0.15) is 66.2 Å². The molecule has 7 heterocycles. The standard InChI is InChI=1S/C55H61Cl2FN6O9S/c1-32-45-33(2)49(57)50(48(32)56)72-41(26-64-19-17-63(3)18-20-64)15-21-69-40-12-13-43(71-28-39-14-16-59-52(62-39)36-6-4-34(5-7-36)27-68-30-42-29-67-22-23-70-42)37(24-40)25-44(55(65)66)73-53-47-46(45)51(74-54(47)61-31-60-53)35-8-10-38(58)11-9-35/h8-14,16,24,31,34,36,41-42,44H,4-7,15,17-23,25-30H2,1-3H3,(H,65,66)/t34?,36?,41-,42-,44+/m0/s1. The van der Waals surface area contributed by atoms with Gasteiger partial charge in [-0.25, -0.2) is 29.1 Å². The summed E-state index contributed by atoms with van der Waals surface area (Å²) >= 11 is 16.1. The second kappa shape index (κ2) is 23.8. The molecule has 4 bridgehead atoms. The molecule has 4 aliphatic heterocycles. The van der Waals surface area contributed by atoms with Gasteiger partial charge in [-0.1, -0.05) is 35.3 Å². The van der Waals surface area contributed by atoms with Gasteiger partial charge < -0.3 is 43.2 Å². The minimum Gasteiger partial charge on any atom is -0.493 e. The molecule has 2 saturated heterocycles. The zero-order valence-corrected chi connectivity index (χ0v) is 44.2. The van der Waals surface area contributed by atoms with Crippen molar-refractivity contribution in [3.05, 3.63) is 105 Å². The van der Waals surface area contributed by atoms with E-state index >= 15 is 0 Å². The molecule has 1 N–H and O–H groups in total. The van der Waals surface area contributed by atoms with Crippen molar-refractivity contribution in [1.29, 1.82) is 0 Å². The van der Waals surface area contributed by atoms with E-state index in [9.17, 15) is 14.3 Å². The molecule has 3 aromatic carbocycles. The average Bonchev–Trinajstić information content (AvgIpc) is 3.80. The molecule has 3 aromatic heterocycles. The summed E-state index contributed by atoms with van der Waals surface area (Å²) in [6.45, 7) is 11.4. The second-order valence-electron chi connectivity index (χ2n) is 19.7. The van der Waals surface area contributed by atoms with Crippen LogP contribution in [0.15, 0.2) is 61.1 Å². The van der Waals surface area contributed by atoms with Gasteiger partial charge >= 0.3 is 5.97 Å². The molecule has 15 nitrogen and oxygen atoms in total. The van der Waals surface area contributed by atoms with Gasteiger partial charge in [-0.2, -0.15) is 0 Å². The molecule has 6 aromatic rings. The Morgan fingerprint density at radius 1 is 0.878 bits per heavy atom. The number of carboxylic acid groups (broad SMARTS) is 1. The van der Waals surface area contributed by atoms with Crippen LogP contribution in [0.2, 0.25) is 10.0 Å². The summed E-state index contributed by atoms with van der Waals surface area (Å²) in [5.41, 5.74) is 4.58. The number of piperazine rings is 1. The summed E-state index contributed by atoms with van der Waals surface area (Å²) < 4.78 is 58.1. The van der Waals surface area contributed by atoms with Gasteiger partial charge in [0.05, 0.1) is 54.2 Å².